The zero-order chi connectivity index (χ0) is 18.9. The summed E-state index contributed by atoms with van der Waals surface area (Å²) in [6.45, 7) is 3.23. The first-order valence-electron chi connectivity index (χ1n) is 9.75. The zero-order valence-electron chi connectivity index (χ0n) is 15.6. The first-order valence-corrected chi connectivity index (χ1v) is 10.6. The maximum atomic E-state index is 12.5. The number of carbonyl (C=O) groups is 1. The van der Waals surface area contributed by atoms with Crippen LogP contribution in [0.2, 0.25) is 0 Å². The Morgan fingerprint density at radius 3 is 2.57 bits per heavy atom. The SMILES string of the molecule is O=C(Cc1cccs1)N1CCN(c2ccc(-c3noc(C4CC4)n3)cc2)CC1. The molecule has 0 spiro atoms. The van der Waals surface area contributed by atoms with E-state index < -0.39 is 0 Å². The lowest BCUT2D eigenvalue weighted by Crippen LogP contribution is -2.49. The van der Waals surface area contributed by atoms with Gasteiger partial charge in [-0.3, -0.25) is 4.79 Å². The summed E-state index contributed by atoms with van der Waals surface area (Å²) in [7, 11) is 0. The highest BCUT2D eigenvalue weighted by atomic mass is 32.1. The minimum Gasteiger partial charge on any atom is -0.368 e. The zero-order valence-corrected chi connectivity index (χ0v) is 16.4. The monoisotopic (exact) mass is 394 g/mol. The molecule has 28 heavy (non-hydrogen) atoms. The smallest absolute Gasteiger partial charge is 0.230 e. The van der Waals surface area contributed by atoms with Crippen molar-refractivity contribution in [3.63, 3.8) is 0 Å². The van der Waals surface area contributed by atoms with Gasteiger partial charge in [0.2, 0.25) is 17.6 Å². The second-order valence-electron chi connectivity index (χ2n) is 7.40. The van der Waals surface area contributed by atoms with Gasteiger partial charge in [-0.05, 0) is 48.6 Å². The summed E-state index contributed by atoms with van der Waals surface area (Å²) in [5.74, 6) is 2.13. The lowest BCUT2D eigenvalue weighted by Gasteiger charge is -2.36. The van der Waals surface area contributed by atoms with Gasteiger partial charge in [-0.2, -0.15) is 4.98 Å². The second kappa shape index (κ2) is 7.39. The van der Waals surface area contributed by atoms with Crippen molar-refractivity contribution >= 4 is 22.9 Å². The lowest BCUT2D eigenvalue weighted by molar-refractivity contribution is -0.130. The van der Waals surface area contributed by atoms with Crippen LogP contribution in [0.25, 0.3) is 11.4 Å². The number of piperazine rings is 1. The number of amides is 1. The molecular formula is C21H22N4O2S. The molecule has 1 aliphatic carbocycles. The van der Waals surface area contributed by atoms with Crippen molar-refractivity contribution in [2.45, 2.75) is 25.2 Å². The van der Waals surface area contributed by atoms with E-state index in [1.807, 2.05) is 34.5 Å². The maximum Gasteiger partial charge on any atom is 0.230 e. The molecule has 1 amide bonds. The molecule has 1 aliphatic heterocycles. The maximum absolute atomic E-state index is 12.5. The van der Waals surface area contributed by atoms with Crippen LogP contribution in [0.5, 0.6) is 0 Å². The fraction of sp³-hybridized carbons (Fsp3) is 0.381. The summed E-state index contributed by atoms with van der Waals surface area (Å²) < 4.78 is 5.35. The van der Waals surface area contributed by atoms with Crippen molar-refractivity contribution in [2.24, 2.45) is 0 Å². The van der Waals surface area contributed by atoms with Crippen LogP contribution in [0.3, 0.4) is 0 Å². The van der Waals surface area contributed by atoms with Crippen molar-refractivity contribution in [2.75, 3.05) is 31.1 Å². The largest absolute Gasteiger partial charge is 0.368 e. The average molecular weight is 395 g/mol. The van der Waals surface area contributed by atoms with Gasteiger partial charge in [0.15, 0.2) is 0 Å². The molecule has 0 bridgehead atoms. The molecule has 3 aromatic rings. The molecular weight excluding hydrogens is 372 g/mol. The molecule has 6 nitrogen and oxygen atoms in total. The van der Waals surface area contributed by atoms with Crippen LogP contribution in [0.4, 0.5) is 5.69 Å². The summed E-state index contributed by atoms with van der Waals surface area (Å²) >= 11 is 1.64. The van der Waals surface area contributed by atoms with Crippen molar-refractivity contribution in [3.05, 3.63) is 52.5 Å². The van der Waals surface area contributed by atoms with E-state index in [1.54, 1.807) is 11.3 Å². The first kappa shape index (κ1) is 17.4. The van der Waals surface area contributed by atoms with Gasteiger partial charge in [0.25, 0.3) is 0 Å². The minimum absolute atomic E-state index is 0.223. The predicted octanol–water partition coefficient (Wildman–Crippen LogP) is 3.57. The first-order chi connectivity index (χ1) is 13.8. The van der Waals surface area contributed by atoms with Gasteiger partial charge in [-0.15, -0.1) is 11.3 Å². The minimum atomic E-state index is 0.223. The van der Waals surface area contributed by atoms with Gasteiger partial charge in [-0.25, -0.2) is 0 Å². The van der Waals surface area contributed by atoms with Crippen molar-refractivity contribution in [1.82, 2.24) is 15.0 Å². The van der Waals surface area contributed by atoms with Crippen LogP contribution in [0.15, 0.2) is 46.3 Å². The van der Waals surface area contributed by atoms with Crippen molar-refractivity contribution in [1.29, 1.82) is 0 Å². The molecule has 0 radical (unpaired) electrons. The second-order valence-corrected chi connectivity index (χ2v) is 8.43. The van der Waals surface area contributed by atoms with Crippen LogP contribution in [-0.2, 0) is 11.2 Å². The Morgan fingerprint density at radius 1 is 1.11 bits per heavy atom. The third-order valence-electron chi connectivity index (χ3n) is 5.40. The normalized spacial score (nSPS) is 17.1. The van der Waals surface area contributed by atoms with Crippen molar-refractivity contribution < 1.29 is 9.32 Å². The average Bonchev–Trinajstić information content (AvgIpc) is 3.24. The van der Waals surface area contributed by atoms with Crippen LogP contribution in [-0.4, -0.2) is 47.1 Å². The molecule has 0 N–H and O–H groups in total. The Kier molecular flexibility index (Phi) is 4.60. The molecule has 3 heterocycles. The van der Waals surface area contributed by atoms with E-state index >= 15 is 0 Å². The Labute approximate surface area is 167 Å². The molecule has 1 aromatic carbocycles. The van der Waals surface area contributed by atoms with Crippen LogP contribution in [0, 0.1) is 0 Å². The summed E-state index contributed by atoms with van der Waals surface area (Å²) in [6.07, 6.45) is 2.82. The number of benzene rings is 1. The molecule has 2 aromatic heterocycles. The number of hydrogen-bond acceptors (Lipinski definition) is 6. The topological polar surface area (TPSA) is 62.5 Å². The molecule has 0 atom stereocenters. The van der Waals surface area contributed by atoms with E-state index in [0.717, 1.165) is 55.4 Å². The van der Waals surface area contributed by atoms with Crippen molar-refractivity contribution in [3.8, 4) is 11.4 Å². The van der Waals surface area contributed by atoms with E-state index in [-0.39, 0.29) is 5.91 Å². The number of aromatic nitrogens is 2. The summed E-state index contributed by atoms with van der Waals surface area (Å²) in [4.78, 5) is 22.4. The molecule has 2 fully saturated rings. The quantitative estimate of drug-likeness (QED) is 0.662. The number of rotatable bonds is 5. The molecule has 5 rings (SSSR count). The fourth-order valence-corrected chi connectivity index (χ4v) is 4.25. The standard InChI is InChI=1S/C21H22N4O2S/c26-19(14-18-2-1-13-28-18)25-11-9-24(10-12-25)17-7-5-15(6-8-17)20-22-21(27-23-20)16-3-4-16/h1-2,5-8,13,16H,3-4,9-12,14H2. The van der Waals surface area contributed by atoms with E-state index in [9.17, 15) is 4.79 Å². The highest BCUT2D eigenvalue weighted by molar-refractivity contribution is 7.10. The van der Waals surface area contributed by atoms with E-state index in [2.05, 4.69) is 27.2 Å². The summed E-state index contributed by atoms with van der Waals surface area (Å²) in [5.41, 5.74) is 2.14. The third kappa shape index (κ3) is 3.67. The Bertz CT molecular complexity index is 939. The number of anilines is 1. The lowest BCUT2D eigenvalue weighted by atomic mass is 10.1. The Morgan fingerprint density at radius 2 is 1.89 bits per heavy atom. The Hall–Kier alpha value is -2.67. The molecule has 0 unspecified atom stereocenters. The van der Waals surface area contributed by atoms with Gasteiger partial charge in [-0.1, -0.05) is 11.2 Å². The van der Waals surface area contributed by atoms with Gasteiger partial charge in [0.1, 0.15) is 0 Å². The van der Waals surface area contributed by atoms with Crippen LogP contribution < -0.4 is 4.90 Å². The number of nitrogens with zero attached hydrogens (tertiary/aromatic N) is 4. The van der Waals surface area contributed by atoms with E-state index in [1.165, 1.54) is 5.69 Å². The molecule has 144 valence electrons. The third-order valence-corrected chi connectivity index (χ3v) is 6.27. The van der Waals surface area contributed by atoms with Gasteiger partial charge in [0, 0.05) is 48.2 Å². The number of thiophene rings is 1. The van der Waals surface area contributed by atoms with Gasteiger partial charge < -0.3 is 14.3 Å². The summed E-state index contributed by atoms with van der Waals surface area (Å²) in [6, 6.07) is 12.3. The molecule has 7 heteroatoms. The highest BCUT2D eigenvalue weighted by Crippen LogP contribution is 2.39. The summed E-state index contributed by atoms with van der Waals surface area (Å²) in [5, 5.41) is 6.13. The highest BCUT2D eigenvalue weighted by Gasteiger charge is 2.29. The van der Waals surface area contributed by atoms with Crippen LogP contribution in [0.1, 0.15) is 29.5 Å². The number of hydrogen-bond donors (Lipinski definition) is 0. The van der Waals surface area contributed by atoms with Gasteiger partial charge >= 0.3 is 0 Å². The molecule has 1 saturated carbocycles. The van der Waals surface area contributed by atoms with Crippen LogP contribution >= 0.6 is 11.3 Å². The Balaban J connectivity index is 1.18. The van der Waals surface area contributed by atoms with E-state index in [0.29, 0.717) is 18.2 Å². The fourth-order valence-electron chi connectivity index (χ4n) is 3.56. The predicted molar refractivity (Wildman–Crippen MR) is 109 cm³/mol. The van der Waals surface area contributed by atoms with E-state index in [4.69, 9.17) is 4.52 Å². The molecule has 1 saturated heterocycles. The number of carbonyl (C=O) groups excluding carboxylic acids is 1. The van der Waals surface area contributed by atoms with Gasteiger partial charge in [0.05, 0.1) is 6.42 Å². The molecule has 2 aliphatic rings.